The molecule has 4 aromatic rings. The number of nitrogens with one attached hydrogen (secondary N) is 1. The summed E-state index contributed by atoms with van der Waals surface area (Å²) in [5.41, 5.74) is 10.5. The van der Waals surface area contributed by atoms with E-state index in [2.05, 4.69) is 10.3 Å². The molecule has 0 atom stereocenters. The second-order valence-electron chi connectivity index (χ2n) is 7.76. The standard InChI is InChI=1S/C25H23FN4O3S/c1-15-11-21(16(2)30(15)19-7-5-18(26)6-8-19)22-14-34-25(28-22)29-24(32)13-33-20-9-3-17(4-10-20)12-23(27)31/h3-11,14H,12-13H2,1-2H3,(H2,27,31)(H,28,29,32). The molecule has 0 fully saturated rings. The van der Waals surface area contributed by atoms with Crippen molar-refractivity contribution in [1.29, 1.82) is 0 Å². The maximum atomic E-state index is 13.3. The van der Waals surface area contributed by atoms with E-state index in [1.54, 1.807) is 36.4 Å². The van der Waals surface area contributed by atoms with Gasteiger partial charge in [-0.2, -0.15) is 0 Å². The molecule has 2 amide bonds. The summed E-state index contributed by atoms with van der Waals surface area (Å²) >= 11 is 1.32. The van der Waals surface area contributed by atoms with Crippen LogP contribution in [0.1, 0.15) is 17.0 Å². The number of anilines is 1. The molecule has 174 valence electrons. The number of nitrogens with two attached hydrogens (primary N) is 1. The lowest BCUT2D eigenvalue weighted by Gasteiger charge is -2.09. The molecule has 0 spiro atoms. The Morgan fingerprint density at radius 3 is 2.50 bits per heavy atom. The van der Waals surface area contributed by atoms with Gasteiger partial charge in [0.1, 0.15) is 11.6 Å². The van der Waals surface area contributed by atoms with Crippen LogP contribution < -0.4 is 15.8 Å². The fraction of sp³-hybridized carbons (Fsp3) is 0.160. The number of amides is 2. The number of halogens is 1. The molecule has 2 heterocycles. The molecule has 9 heteroatoms. The normalized spacial score (nSPS) is 10.8. The van der Waals surface area contributed by atoms with Crippen LogP contribution in [0, 0.1) is 19.7 Å². The molecule has 0 bridgehead atoms. The van der Waals surface area contributed by atoms with Gasteiger partial charge in [0.25, 0.3) is 5.91 Å². The van der Waals surface area contributed by atoms with E-state index < -0.39 is 5.91 Å². The topological polar surface area (TPSA) is 99.2 Å². The van der Waals surface area contributed by atoms with Gasteiger partial charge in [-0.05, 0) is 61.9 Å². The lowest BCUT2D eigenvalue weighted by atomic mass is 10.1. The summed E-state index contributed by atoms with van der Waals surface area (Å²) in [4.78, 5) is 27.8. The maximum Gasteiger partial charge on any atom is 0.264 e. The Kier molecular flexibility index (Phi) is 6.74. The Morgan fingerprint density at radius 1 is 1.12 bits per heavy atom. The average molecular weight is 479 g/mol. The zero-order chi connectivity index (χ0) is 24.2. The van der Waals surface area contributed by atoms with Crippen LogP contribution in [0.5, 0.6) is 5.75 Å². The third kappa shape index (κ3) is 5.32. The molecule has 0 aliphatic carbocycles. The third-order valence-corrected chi connectivity index (χ3v) is 5.97. The van der Waals surface area contributed by atoms with Crippen molar-refractivity contribution in [2.45, 2.75) is 20.3 Å². The van der Waals surface area contributed by atoms with Gasteiger partial charge in [0.2, 0.25) is 5.91 Å². The second-order valence-corrected chi connectivity index (χ2v) is 8.62. The van der Waals surface area contributed by atoms with E-state index in [4.69, 9.17) is 10.5 Å². The predicted molar refractivity (Wildman–Crippen MR) is 130 cm³/mol. The summed E-state index contributed by atoms with van der Waals surface area (Å²) in [5.74, 6) is -0.515. The van der Waals surface area contributed by atoms with Crippen LogP contribution in [-0.4, -0.2) is 28.0 Å². The molecule has 0 aliphatic heterocycles. The summed E-state index contributed by atoms with van der Waals surface area (Å²) in [6.07, 6.45) is 0.152. The first-order chi connectivity index (χ1) is 16.3. The smallest absolute Gasteiger partial charge is 0.264 e. The second kappa shape index (κ2) is 9.88. The van der Waals surface area contributed by atoms with Crippen molar-refractivity contribution in [3.05, 3.63) is 82.7 Å². The van der Waals surface area contributed by atoms with Crippen LogP contribution in [0.3, 0.4) is 0 Å². The molecule has 0 saturated heterocycles. The third-order valence-electron chi connectivity index (χ3n) is 5.21. The minimum atomic E-state index is -0.409. The van der Waals surface area contributed by atoms with Crippen molar-refractivity contribution >= 4 is 28.3 Å². The van der Waals surface area contributed by atoms with E-state index in [0.717, 1.165) is 33.9 Å². The zero-order valence-corrected chi connectivity index (χ0v) is 19.5. The fourth-order valence-corrected chi connectivity index (χ4v) is 4.40. The van der Waals surface area contributed by atoms with Gasteiger partial charge in [0.05, 0.1) is 12.1 Å². The molecular weight excluding hydrogens is 455 g/mol. The number of ether oxygens (including phenoxy) is 1. The Bertz CT molecular complexity index is 1330. The molecule has 0 aliphatic rings. The maximum absolute atomic E-state index is 13.3. The van der Waals surface area contributed by atoms with E-state index in [0.29, 0.717) is 10.9 Å². The van der Waals surface area contributed by atoms with Gasteiger partial charge >= 0.3 is 0 Å². The molecule has 0 radical (unpaired) electrons. The molecule has 0 saturated carbocycles. The number of benzene rings is 2. The summed E-state index contributed by atoms with van der Waals surface area (Å²) in [6.45, 7) is 3.78. The number of nitrogens with zero attached hydrogens (tertiary/aromatic N) is 2. The van der Waals surface area contributed by atoms with Crippen LogP contribution >= 0.6 is 11.3 Å². The van der Waals surface area contributed by atoms with Gasteiger partial charge in [0, 0.05) is 28.0 Å². The summed E-state index contributed by atoms with van der Waals surface area (Å²) in [7, 11) is 0. The zero-order valence-electron chi connectivity index (χ0n) is 18.7. The fourth-order valence-electron chi connectivity index (χ4n) is 3.67. The molecule has 7 nitrogen and oxygen atoms in total. The Hall–Kier alpha value is -3.98. The van der Waals surface area contributed by atoms with Crippen molar-refractivity contribution in [3.8, 4) is 22.7 Å². The molecule has 2 aromatic heterocycles. The van der Waals surface area contributed by atoms with Gasteiger partial charge in [-0.25, -0.2) is 9.37 Å². The number of rotatable bonds is 8. The van der Waals surface area contributed by atoms with Crippen LogP contribution in [0.4, 0.5) is 9.52 Å². The lowest BCUT2D eigenvalue weighted by molar-refractivity contribution is -0.118. The van der Waals surface area contributed by atoms with Gasteiger partial charge in [-0.3, -0.25) is 14.9 Å². The van der Waals surface area contributed by atoms with E-state index in [9.17, 15) is 14.0 Å². The predicted octanol–water partition coefficient (Wildman–Crippen LogP) is 4.40. The minimum absolute atomic E-state index is 0.152. The molecule has 0 unspecified atom stereocenters. The average Bonchev–Trinajstić information content (AvgIpc) is 3.37. The first kappa shape index (κ1) is 23.2. The number of carbonyl (C=O) groups excluding carboxylic acids is 2. The quantitative estimate of drug-likeness (QED) is 0.392. The van der Waals surface area contributed by atoms with Crippen molar-refractivity contribution < 1.29 is 18.7 Å². The Morgan fingerprint density at radius 2 is 1.82 bits per heavy atom. The Labute approximate surface area is 200 Å². The van der Waals surface area contributed by atoms with Crippen molar-refractivity contribution in [2.24, 2.45) is 5.73 Å². The summed E-state index contributed by atoms with van der Waals surface area (Å²) < 4.78 is 20.9. The number of carbonyl (C=O) groups is 2. The first-order valence-electron chi connectivity index (χ1n) is 10.5. The van der Waals surface area contributed by atoms with Gasteiger partial charge < -0.3 is 15.0 Å². The minimum Gasteiger partial charge on any atom is -0.484 e. The van der Waals surface area contributed by atoms with Crippen molar-refractivity contribution in [3.63, 3.8) is 0 Å². The SMILES string of the molecule is Cc1cc(-c2csc(NC(=O)COc3ccc(CC(N)=O)cc3)n2)c(C)n1-c1ccc(F)cc1. The highest BCUT2D eigenvalue weighted by Crippen LogP contribution is 2.31. The largest absolute Gasteiger partial charge is 0.484 e. The van der Waals surface area contributed by atoms with Crippen LogP contribution in [-0.2, 0) is 16.0 Å². The molecule has 34 heavy (non-hydrogen) atoms. The highest BCUT2D eigenvalue weighted by atomic mass is 32.1. The molecular formula is C25H23FN4O3S. The first-order valence-corrected chi connectivity index (χ1v) is 11.4. The van der Waals surface area contributed by atoms with E-state index in [1.807, 2.05) is 29.9 Å². The number of aromatic nitrogens is 2. The number of hydrogen-bond donors (Lipinski definition) is 2. The molecule has 4 rings (SSSR count). The van der Waals surface area contributed by atoms with Crippen LogP contribution in [0.25, 0.3) is 16.9 Å². The monoisotopic (exact) mass is 478 g/mol. The lowest BCUT2D eigenvalue weighted by Crippen LogP contribution is -2.20. The molecule has 3 N–H and O–H groups in total. The molecule has 2 aromatic carbocycles. The van der Waals surface area contributed by atoms with Crippen LogP contribution in [0.2, 0.25) is 0 Å². The number of hydrogen-bond acceptors (Lipinski definition) is 5. The Balaban J connectivity index is 1.40. The van der Waals surface area contributed by atoms with Crippen LogP contribution in [0.15, 0.2) is 60.0 Å². The number of primary amides is 1. The van der Waals surface area contributed by atoms with Gasteiger partial charge in [-0.1, -0.05) is 12.1 Å². The number of aryl methyl sites for hydroxylation is 1. The van der Waals surface area contributed by atoms with E-state index >= 15 is 0 Å². The van der Waals surface area contributed by atoms with Crippen molar-refractivity contribution in [1.82, 2.24) is 9.55 Å². The van der Waals surface area contributed by atoms with Gasteiger partial charge in [0.15, 0.2) is 11.7 Å². The number of thiazole rings is 1. The van der Waals surface area contributed by atoms with E-state index in [1.165, 1.54) is 23.5 Å². The summed E-state index contributed by atoms with van der Waals surface area (Å²) in [5, 5.41) is 5.10. The van der Waals surface area contributed by atoms with Crippen molar-refractivity contribution in [2.75, 3.05) is 11.9 Å². The highest BCUT2D eigenvalue weighted by molar-refractivity contribution is 7.14. The van der Waals surface area contributed by atoms with Gasteiger partial charge in [-0.15, -0.1) is 11.3 Å². The van der Waals surface area contributed by atoms with E-state index in [-0.39, 0.29) is 24.8 Å². The summed E-state index contributed by atoms with van der Waals surface area (Å²) in [6, 6.07) is 15.2. The highest BCUT2D eigenvalue weighted by Gasteiger charge is 2.16.